The molecule has 0 radical (unpaired) electrons. The van der Waals surface area contributed by atoms with E-state index in [0.717, 1.165) is 5.69 Å². The van der Waals surface area contributed by atoms with Crippen molar-refractivity contribution in [3.8, 4) is 0 Å². The zero-order chi connectivity index (χ0) is 14.7. The van der Waals surface area contributed by atoms with Gasteiger partial charge in [0.05, 0.1) is 36.1 Å². The SMILES string of the molecule is CNC(c1cc(C)c(C)s1)c1c(Cl)cnn1CCOC. The molecule has 2 aromatic rings. The Morgan fingerprint density at radius 1 is 1.50 bits per heavy atom. The average Bonchev–Trinajstić information content (AvgIpc) is 2.94. The summed E-state index contributed by atoms with van der Waals surface area (Å²) in [6.07, 6.45) is 1.70. The van der Waals surface area contributed by atoms with Gasteiger partial charge in [-0.2, -0.15) is 5.10 Å². The molecule has 0 saturated heterocycles. The molecule has 0 amide bonds. The van der Waals surface area contributed by atoms with Crippen LogP contribution < -0.4 is 5.32 Å². The molecule has 4 nitrogen and oxygen atoms in total. The molecule has 6 heteroatoms. The molecular formula is C14H20ClN3OS. The number of halogens is 1. The van der Waals surface area contributed by atoms with Crippen molar-refractivity contribution in [2.45, 2.75) is 26.4 Å². The Hall–Kier alpha value is -0.880. The third-order valence-electron chi connectivity index (χ3n) is 3.37. The number of methoxy groups -OCH3 is 1. The molecule has 0 fully saturated rings. The third kappa shape index (κ3) is 3.06. The van der Waals surface area contributed by atoms with E-state index in [1.807, 2.05) is 11.7 Å². The van der Waals surface area contributed by atoms with E-state index in [2.05, 4.69) is 30.3 Å². The van der Waals surface area contributed by atoms with E-state index in [1.54, 1.807) is 24.6 Å². The van der Waals surface area contributed by atoms with Crippen molar-refractivity contribution in [3.63, 3.8) is 0 Å². The number of rotatable bonds is 6. The third-order valence-corrected chi connectivity index (χ3v) is 4.88. The molecule has 0 aromatic carbocycles. The number of thiophene rings is 1. The van der Waals surface area contributed by atoms with Gasteiger partial charge in [-0.05, 0) is 32.5 Å². The summed E-state index contributed by atoms with van der Waals surface area (Å²) >= 11 is 8.13. The van der Waals surface area contributed by atoms with Gasteiger partial charge in [0.25, 0.3) is 0 Å². The van der Waals surface area contributed by atoms with Crippen LogP contribution in [0.4, 0.5) is 0 Å². The molecule has 0 aliphatic rings. The summed E-state index contributed by atoms with van der Waals surface area (Å²) < 4.78 is 7.04. The lowest BCUT2D eigenvalue weighted by Crippen LogP contribution is -2.22. The van der Waals surface area contributed by atoms with Crippen molar-refractivity contribution >= 4 is 22.9 Å². The first-order valence-electron chi connectivity index (χ1n) is 6.52. The van der Waals surface area contributed by atoms with Gasteiger partial charge in [-0.15, -0.1) is 11.3 Å². The van der Waals surface area contributed by atoms with Crippen LogP contribution in [0.3, 0.4) is 0 Å². The number of nitrogens with one attached hydrogen (secondary N) is 1. The van der Waals surface area contributed by atoms with Crippen molar-refractivity contribution < 1.29 is 4.74 Å². The second-order valence-corrected chi connectivity index (χ2v) is 6.40. The Labute approximate surface area is 128 Å². The summed E-state index contributed by atoms with van der Waals surface area (Å²) in [5.41, 5.74) is 2.30. The van der Waals surface area contributed by atoms with Crippen LogP contribution in [0, 0.1) is 13.8 Å². The monoisotopic (exact) mass is 313 g/mol. The van der Waals surface area contributed by atoms with Crippen LogP contribution in [-0.4, -0.2) is 30.5 Å². The molecule has 0 saturated carbocycles. The smallest absolute Gasteiger partial charge is 0.0854 e. The zero-order valence-corrected chi connectivity index (χ0v) is 13.8. The van der Waals surface area contributed by atoms with Gasteiger partial charge < -0.3 is 10.1 Å². The van der Waals surface area contributed by atoms with Crippen LogP contribution in [0.5, 0.6) is 0 Å². The highest BCUT2D eigenvalue weighted by atomic mass is 35.5. The lowest BCUT2D eigenvalue weighted by molar-refractivity contribution is 0.182. The molecular weight excluding hydrogens is 294 g/mol. The molecule has 2 heterocycles. The fraction of sp³-hybridized carbons (Fsp3) is 0.500. The molecule has 1 N–H and O–H groups in total. The van der Waals surface area contributed by atoms with Crippen LogP contribution >= 0.6 is 22.9 Å². The van der Waals surface area contributed by atoms with Crippen molar-refractivity contribution in [1.29, 1.82) is 0 Å². The summed E-state index contributed by atoms with van der Waals surface area (Å²) in [6.45, 7) is 5.58. The predicted molar refractivity (Wildman–Crippen MR) is 83.8 cm³/mol. The summed E-state index contributed by atoms with van der Waals surface area (Å²) in [6, 6.07) is 2.27. The Kier molecular flexibility index (Phi) is 5.21. The molecule has 0 spiro atoms. The minimum Gasteiger partial charge on any atom is -0.383 e. The second kappa shape index (κ2) is 6.72. The van der Waals surface area contributed by atoms with Crippen molar-refractivity contribution in [2.24, 2.45) is 0 Å². The maximum absolute atomic E-state index is 6.33. The normalized spacial score (nSPS) is 12.8. The van der Waals surface area contributed by atoms with Crippen molar-refractivity contribution in [2.75, 3.05) is 20.8 Å². The number of nitrogens with zero attached hydrogens (tertiary/aromatic N) is 2. The molecule has 1 atom stereocenters. The van der Waals surface area contributed by atoms with Gasteiger partial charge in [-0.3, -0.25) is 4.68 Å². The summed E-state index contributed by atoms with van der Waals surface area (Å²) in [4.78, 5) is 2.59. The second-order valence-electron chi connectivity index (χ2n) is 4.70. The average molecular weight is 314 g/mol. The van der Waals surface area contributed by atoms with Crippen molar-refractivity contribution in [1.82, 2.24) is 15.1 Å². The molecule has 0 aliphatic carbocycles. The summed E-state index contributed by atoms with van der Waals surface area (Å²) in [5.74, 6) is 0. The van der Waals surface area contributed by atoms with E-state index in [9.17, 15) is 0 Å². The van der Waals surface area contributed by atoms with Gasteiger partial charge in [0.2, 0.25) is 0 Å². The molecule has 0 bridgehead atoms. The number of aryl methyl sites for hydroxylation is 2. The van der Waals surface area contributed by atoms with E-state index < -0.39 is 0 Å². The van der Waals surface area contributed by atoms with Crippen LogP contribution in [0.2, 0.25) is 5.02 Å². The van der Waals surface area contributed by atoms with Gasteiger partial charge in [-0.1, -0.05) is 11.6 Å². The Morgan fingerprint density at radius 2 is 2.25 bits per heavy atom. The fourth-order valence-corrected chi connectivity index (χ4v) is 3.58. The molecule has 1 unspecified atom stereocenters. The van der Waals surface area contributed by atoms with Crippen LogP contribution in [0.25, 0.3) is 0 Å². The van der Waals surface area contributed by atoms with Gasteiger partial charge in [0, 0.05) is 16.9 Å². The van der Waals surface area contributed by atoms with Gasteiger partial charge >= 0.3 is 0 Å². The van der Waals surface area contributed by atoms with Crippen molar-refractivity contribution in [3.05, 3.63) is 38.3 Å². The number of hydrogen-bond donors (Lipinski definition) is 1. The highest BCUT2D eigenvalue weighted by Crippen LogP contribution is 2.33. The van der Waals surface area contributed by atoms with E-state index in [-0.39, 0.29) is 6.04 Å². The first kappa shape index (κ1) is 15.5. The number of hydrogen-bond acceptors (Lipinski definition) is 4. The van der Waals surface area contributed by atoms with E-state index in [1.165, 1.54) is 15.3 Å². The number of aromatic nitrogens is 2. The first-order valence-corrected chi connectivity index (χ1v) is 7.72. The molecule has 20 heavy (non-hydrogen) atoms. The minimum absolute atomic E-state index is 0.0549. The van der Waals surface area contributed by atoms with Crippen LogP contribution in [0.1, 0.15) is 27.1 Å². The first-order chi connectivity index (χ1) is 9.58. The summed E-state index contributed by atoms with van der Waals surface area (Å²) in [5, 5.41) is 8.37. The maximum atomic E-state index is 6.33. The topological polar surface area (TPSA) is 39.1 Å². The quantitative estimate of drug-likeness (QED) is 0.890. The molecule has 110 valence electrons. The maximum Gasteiger partial charge on any atom is 0.0854 e. The standard InChI is InChI=1S/C14H20ClN3OS/c1-9-7-12(20-10(9)2)13(16-3)14-11(15)8-17-18(14)5-6-19-4/h7-8,13,16H,5-6H2,1-4H3. The molecule has 0 aliphatic heterocycles. The predicted octanol–water partition coefficient (Wildman–Crippen LogP) is 3.17. The zero-order valence-electron chi connectivity index (χ0n) is 12.2. The van der Waals surface area contributed by atoms with E-state index in [4.69, 9.17) is 16.3 Å². The Morgan fingerprint density at radius 3 is 2.80 bits per heavy atom. The molecule has 2 rings (SSSR count). The molecule has 2 aromatic heterocycles. The highest BCUT2D eigenvalue weighted by Gasteiger charge is 2.22. The minimum atomic E-state index is 0.0549. The van der Waals surface area contributed by atoms with E-state index in [0.29, 0.717) is 18.2 Å². The van der Waals surface area contributed by atoms with Gasteiger partial charge in [0.15, 0.2) is 0 Å². The fourth-order valence-electron chi connectivity index (χ4n) is 2.17. The van der Waals surface area contributed by atoms with Gasteiger partial charge in [-0.25, -0.2) is 0 Å². The lowest BCUT2D eigenvalue weighted by atomic mass is 10.1. The van der Waals surface area contributed by atoms with Gasteiger partial charge in [0.1, 0.15) is 0 Å². The largest absolute Gasteiger partial charge is 0.383 e. The summed E-state index contributed by atoms with van der Waals surface area (Å²) in [7, 11) is 3.63. The number of ether oxygens (including phenoxy) is 1. The van der Waals surface area contributed by atoms with Crippen LogP contribution in [-0.2, 0) is 11.3 Å². The van der Waals surface area contributed by atoms with E-state index >= 15 is 0 Å². The Bertz CT molecular complexity index is 559. The van der Waals surface area contributed by atoms with Crippen LogP contribution in [0.15, 0.2) is 12.3 Å². The Balaban J connectivity index is 2.38. The lowest BCUT2D eigenvalue weighted by Gasteiger charge is -2.17. The highest BCUT2D eigenvalue weighted by molar-refractivity contribution is 7.12.